The third-order valence-electron chi connectivity index (χ3n) is 5.19. The van der Waals surface area contributed by atoms with Crippen molar-refractivity contribution in [2.45, 2.75) is 13.0 Å². The van der Waals surface area contributed by atoms with Crippen molar-refractivity contribution in [2.24, 2.45) is 4.99 Å². The highest BCUT2D eigenvalue weighted by Crippen LogP contribution is 2.27. The van der Waals surface area contributed by atoms with Crippen LogP contribution in [-0.4, -0.2) is 69.5 Å². The molecule has 0 saturated carbocycles. The molecule has 2 N–H and O–H groups in total. The van der Waals surface area contributed by atoms with E-state index in [1.54, 1.807) is 13.2 Å². The van der Waals surface area contributed by atoms with E-state index in [0.717, 1.165) is 62.1 Å². The second-order valence-corrected chi connectivity index (χ2v) is 7.19. The van der Waals surface area contributed by atoms with Gasteiger partial charge in [0.1, 0.15) is 11.5 Å². The smallest absolute Gasteiger partial charge is 0.193 e. The third kappa shape index (κ3) is 7.46. The number of phenolic OH excluding ortho intramolecular Hbond substituents is 1. The fourth-order valence-electron chi connectivity index (χ4n) is 3.51. The number of hydrogen-bond acceptors (Lipinski definition) is 5. The second kappa shape index (κ2) is 13.3. The topological polar surface area (TPSA) is 69.6 Å². The zero-order valence-electron chi connectivity index (χ0n) is 18.3. The molecule has 1 aliphatic heterocycles. The second-order valence-electron chi connectivity index (χ2n) is 7.19. The zero-order valence-corrected chi connectivity index (χ0v) is 20.6. The van der Waals surface area contributed by atoms with Crippen molar-refractivity contribution in [1.29, 1.82) is 0 Å². The van der Waals surface area contributed by atoms with Crippen LogP contribution in [0, 0.1) is 0 Å². The van der Waals surface area contributed by atoms with E-state index in [2.05, 4.69) is 20.1 Å². The molecule has 0 amide bonds. The zero-order chi connectivity index (χ0) is 21.2. The van der Waals surface area contributed by atoms with Gasteiger partial charge in [0.15, 0.2) is 5.96 Å². The molecule has 7 nitrogen and oxygen atoms in total. The van der Waals surface area contributed by atoms with Gasteiger partial charge < -0.3 is 29.7 Å². The summed E-state index contributed by atoms with van der Waals surface area (Å²) in [6, 6.07) is 15.4. The van der Waals surface area contributed by atoms with Gasteiger partial charge in [-0.3, -0.25) is 4.99 Å². The molecule has 0 aromatic heterocycles. The Morgan fingerprint density at radius 1 is 1.06 bits per heavy atom. The summed E-state index contributed by atoms with van der Waals surface area (Å²) >= 11 is 0. The number of nitrogens with one attached hydrogen (secondary N) is 1. The van der Waals surface area contributed by atoms with E-state index in [-0.39, 0.29) is 24.0 Å². The Morgan fingerprint density at radius 3 is 2.42 bits per heavy atom. The van der Waals surface area contributed by atoms with Crippen molar-refractivity contribution in [2.75, 3.05) is 58.4 Å². The number of methoxy groups -OCH3 is 1. The molecule has 0 unspecified atom stereocenters. The molecule has 2 aromatic carbocycles. The maximum Gasteiger partial charge on any atom is 0.193 e. The van der Waals surface area contributed by atoms with Crippen molar-refractivity contribution in [1.82, 2.24) is 10.2 Å². The summed E-state index contributed by atoms with van der Waals surface area (Å²) in [5.41, 5.74) is 2.04. The Bertz CT molecular complexity index is 809. The number of para-hydroxylation sites is 2. The molecule has 0 spiro atoms. The first-order valence-corrected chi connectivity index (χ1v) is 10.4. The first-order valence-electron chi connectivity index (χ1n) is 10.4. The number of rotatable bonds is 8. The van der Waals surface area contributed by atoms with Gasteiger partial charge in [-0.25, -0.2) is 0 Å². The molecule has 0 bridgehead atoms. The number of benzene rings is 2. The standard InChI is InChI=1S/C23H32N4O3.HI/c1-24-23(25-12-5-17-30-18-19-8-10-20(29-2)11-9-19)27-15-13-26(14-16-27)21-6-3-4-7-22(21)28;/h3-4,6-11,28H,5,12-18H2,1-2H3,(H,24,25);1H. The van der Waals surface area contributed by atoms with Crippen LogP contribution in [0.4, 0.5) is 5.69 Å². The molecule has 1 saturated heterocycles. The monoisotopic (exact) mass is 540 g/mol. The number of anilines is 1. The van der Waals surface area contributed by atoms with Gasteiger partial charge in [-0.15, -0.1) is 24.0 Å². The summed E-state index contributed by atoms with van der Waals surface area (Å²) in [5.74, 6) is 2.11. The van der Waals surface area contributed by atoms with Crippen LogP contribution in [0.3, 0.4) is 0 Å². The van der Waals surface area contributed by atoms with Crippen molar-refractivity contribution < 1.29 is 14.6 Å². The number of aliphatic imine (C=N–C) groups is 1. The van der Waals surface area contributed by atoms with Gasteiger partial charge in [0.25, 0.3) is 0 Å². The molecule has 31 heavy (non-hydrogen) atoms. The van der Waals surface area contributed by atoms with Crippen LogP contribution < -0.4 is 15.0 Å². The van der Waals surface area contributed by atoms with E-state index < -0.39 is 0 Å². The lowest BCUT2D eigenvalue weighted by Gasteiger charge is -2.37. The number of ether oxygens (including phenoxy) is 2. The van der Waals surface area contributed by atoms with Crippen LogP contribution in [0.2, 0.25) is 0 Å². The summed E-state index contributed by atoms with van der Waals surface area (Å²) in [5, 5.41) is 13.5. The molecule has 1 heterocycles. The summed E-state index contributed by atoms with van der Waals surface area (Å²) in [7, 11) is 3.48. The summed E-state index contributed by atoms with van der Waals surface area (Å²) in [6.07, 6.45) is 0.910. The van der Waals surface area contributed by atoms with E-state index in [1.165, 1.54) is 0 Å². The summed E-state index contributed by atoms with van der Waals surface area (Å²) in [4.78, 5) is 8.89. The Morgan fingerprint density at radius 2 is 1.77 bits per heavy atom. The van der Waals surface area contributed by atoms with Gasteiger partial charge in [-0.05, 0) is 36.2 Å². The lowest BCUT2D eigenvalue weighted by molar-refractivity contribution is 0.119. The van der Waals surface area contributed by atoms with Gasteiger partial charge in [0.05, 0.1) is 19.4 Å². The highest BCUT2D eigenvalue weighted by molar-refractivity contribution is 14.0. The molecule has 3 rings (SSSR count). The molecule has 1 aliphatic rings. The highest BCUT2D eigenvalue weighted by Gasteiger charge is 2.21. The van der Waals surface area contributed by atoms with Crippen LogP contribution in [0.25, 0.3) is 0 Å². The molecule has 0 atom stereocenters. The molecule has 0 radical (unpaired) electrons. The molecule has 0 aliphatic carbocycles. The van der Waals surface area contributed by atoms with E-state index >= 15 is 0 Å². The van der Waals surface area contributed by atoms with Gasteiger partial charge >= 0.3 is 0 Å². The quantitative estimate of drug-likeness (QED) is 0.232. The number of phenols is 1. The highest BCUT2D eigenvalue weighted by atomic mass is 127. The summed E-state index contributed by atoms with van der Waals surface area (Å²) in [6.45, 7) is 5.54. The average Bonchev–Trinajstić information content (AvgIpc) is 2.80. The van der Waals surface area contributed by atoms with Crippen LogP contribution in [0.5, 0.6) is 11.5 Å². The van der Waals surface area contributed by atoms with Gasteiger partial charge in [-0.1, -0.05) is 24.3 Å². The maximum atomic E-state index is 10.1. The Labute approximate surface area is 202 Å². The molecule has 170 valence electrons. The van der Waals surface area contributed by atoms with E-state index in [0.29, 0.717) is 19.0 Å². The van der Waals surface area contributed by atoms with Gasteiger partial charge in [0, 0.05) is 46.4 Å². The largest absolute Gasteiger partial charge is 0.506 e. The number of guanidine groups is 1. The minimum absolute atomic E-state index is 0. The molecule has 1 fully saturated rings. The van der Waals surface area contributed by atoms with Crippen LogP contribution >= 0.6 is 24.0 Å². The van der Waals surface area contributed by atoms with Gasteiger partial charge in [-0.2, -0.15) is 0 Å². The van der Waals surface area contributed by atoms with E-state index in [9.17, 15) is 5.11 Å². The molecule has 8 heteroatoms. The molecule has 2 aromatic rings. The Hall–Kier alpha value is -2.20. The number of nitrogens with zero attached hydrogens (tertiary/aromatic N) is 3. The lowest BCUT2D eigenvalue weighted by atomic mass is 10.2. The van der Waals surface area contributed by atoms with E-state index in [1.807, 2.05) is 49.5 Å². The minimum Gasteiger partial charge on any atom is -0.506 e. The number of piperazine rings is 1. The van der Waals surface area contributed by atoms with E-state index in [4.69, 9.17) is 9.47 Å². The third-order valence-corrected chi connectivity index (χ3v) is 5.19. The molecular weight excluding hydrogens is 507 g/mol. The molecular formula is C23H33IN4O3. The van der Waals surface area contributed by atoms with Crippen molar-refractivity contribution in [3.05, 3.63) is 54.1 Å². The maximum absolute atomic E-state index is 10.1. The normalized spacial score (nSPS) is 14.2. The minimum atomic E-state index is 0. The number of hydrogen-bond donors (Lipinski definition) is 2. The Balaban J connectivity index is 0.00000341. The predicted octanol–water partition coefficient (Wildman–Crippen LogP) is 3.32. The lowest BCUT2D eigenvalue weighted by Crippen LogP contribution is -2.52. The first kappa shape index (κ1) is 25.1. The predicted molar refractivity (Wildman–Crippen MR) is 136 cm³/mol. The van der Waals surface area contributed by atoms with Crippen LogP contribution in [0.15, 0.2) is 53.5 Å². The fourth-order valence-corrected chi connectivity index (χ4v) is 3.51. The summed E-state index contributed by atoms with van der Waals surface area (Å²) < 4.78 is 10.9. The Kier molecular flexibility index (Phi) is 10.7. The van der Waals surface area contributed by atoms with Crippen LogP contribution in [-0.2, 0) is 11.3 Å². The number of aromatic hydroxyl groups is 1. The average molecular weight is 540 g/mol. The number of halogens is 1. The van der Waals surface area contributed by atoms with Crippen LogP contribution in [0.1, 0.15) is 12.0 Å². The van der Waals surface area contributed by atoms with Crippen molar-refractivity contribution in [3.63, 3.8) is 0 Å². The van der Waals surface area contributed by atoms with Crippen molar-refractivity contribution in [3.8, 4) is 11.5 Å². The SMILES string of the molecule is CN=C(NCCCOCc1ccc(OC)cc1)N1CCN(c2ccccc2O)CC1.I. The van der Waals surface area contributed by atoms with Gasteiger partial charge in [0.2, 0.25) is 0 Å². The van der Waals surface area contributed by atoms with Crippen molar-refractivity contribution >= 4 is 35.6 Å². The fraction of sp³-hybridized carbons (Fsp3) is 0.435. The first-order chi connectivity index (χ1) is 14.7.